The number of ether oxygens (including phenoxy) is 4. The van der Waals surface area contributed by atoms with Crippen LogP contribution in [-0.2, 0) is 33.3 Å². The predicted molar refractivity (Wildman–Crippen MR) is 178 cm³/mol. The van der Waals surface area contributed by atoms with Gasteiger partial charge < -0.3 is 35.1 Å². The molecular weight excluding hydrogens is 676 g/mol. The molecule has 14 nitrogen and oxygen atoms in total. The molecule has 1 aromatic rings. The largest absolute Gasteiger partial charge is 0.480 e. The van der Waals surface area contributed by atoms with Crippen LogP contribution in [0.15, 0.2) is 22.1 Å². The number of aromatic nitrogens is 2. The number of nitrogens with two attached hydrogens (primary N) is 1. The van der Waals surface area contributed by atoms with Crippen molar-refractivity contribution in [2.24, 2.45) is 10.9 Å². The number of hydrogen-bond donors (Lipinski definition) is 3. The summed E-state index contributed by atoms with van der Waals surface area (Å²) in [5.41, 5.74) is 5.25. The Labute approximate surface area is 286 Å². The maximum Gasteiger partial charge on any atom is 0.351 e. The Morgan fingerprint density at radius 1 is 1.19 bits per heavy atom. The van der Waals surface area contributed by atoms with E-state index in [2.05, 4.69) is 22.2 Å². The topological polar surface area (TPSA) is 194 Å². The summed E-state index contributed by atoms with van der Waals surface area (Å²) in [4.78, 5) is 55.8. The van der Waals surface area contributed by atoms with E-state index >= 15 is 8.78 Å². The Kier molecular flexibility index (Phi) is 15.1. The summed E-state index contributed by atoms with van der Waals surface area (Å²) in [5.74, 6) is -4.79. The quantitative estimate of drug-likeness (QED) is 0.139. The molecule has 0 spiro atoms. The number of alkyl halides is 2. The molecule has 0 aromatic carbocycles. The Morgan fingerprint density at radius 2 is 1.85 bits per heavy atom. The molecule has 1 saturated carbocycles. The summed E-state index contributed by atoms with van der Waals surface area (Å²) < 4.78 is 50.7. The zero-order valence-electron chi connectivity index (χ0n) is 27.6. The molecule has 48 heavy (non-hydrogen) atoms. The van der Waals surface area contributed by atoms with Crippen molar-refractivity contribution >= 4 is 53.0 Å². The highest BCUT2D eigenvalue weighted by atomic mass is 32.2. The van der Waals surface area contributed by atoms with Gasteiger partial charge in [0.25, 0.3) is 0 Å². The first-order valence-corrected chi connectivity index (χ1v) is 17.7. The number of esters is 2. The van der Waals surface area contributed by atoms with E-state index in [4.69, 9.17) is 24.7 Å². The van der Waals surface area contributed by atoms with Crippen molar-refractivity contribution in [3.8, 4) is 0 Å². The van der Waals surface area contributed by atoms with Crippen molar-refractivity contribution in [1.82, 2.24) is 14.9 Å². The van der Waals surface area contributed by atoms with Crippen LogP contribution in [0.25, 0.3) is 0 Å². The van der Waals surface area contributed by atoms with Crippen LogP contribution >= 0.6 is 23.5 Å². The number of carboxylic acid groups (broad SMARTS) is 1. The number of nitrogens with one attached hydrogen (secondary N) is 1. The maximum absolute atomic E-state index is 15.0. The van der Waals surface area contributed by atoms with Crippen LogP contribution in [0.4, 0.5) is 14.6 Å². The molecule has 1 aliphatic heterocycles. The third-order valence-corrected chi connectivity index (χ3v) is 11.3. The average molecular weight is 722 g/mol. The lowest BCUT2D eigenvalue weighted by Crippen LogP contribution is -2.44. The first-order chi connectivity index (χ1) is 22.6. The van der Waals surface area contributed by atoms with E-state index in [1.165, 1.54) is 0 Å². The van der Waals surface area contributed by atoms with E-state index in [-0.39, 0.29) is 30.7 Å². The van der Waals surface area contributed by atoms with Crippen LogP contribution < -0.4 is 16.7 Å². The fraction of sp³-hybridized carbons (Fsp3) is 0.733. The van der Waals surface area contributed by atoms with Crippen LogP contribution in [-0.4, -0.2) is 117 Å². The lowest BCUT2D eigenvalue weighted by Gasteiger charge is -2.37. The third kappa shape index (κ3) is 11.1. The predicted octanol–water partition coefficient (Wildman–Crippen LogP) is 2.40. The van der Waals surface area contributed by atoms with E-state index in [1.807, 2.05) is 32.5 Å². The summed E-state index contributed by atoms with van der Waals surface area (Å²) in [6, 6.07) is 0.689. The van der Waals surface area contributed by atoms with Gasteiger partial charge >= 0.3 is 29.5 Å². The highest BCUT2D eigenvalue weighted by molar-refractivity contribution is 8.04. The molecule has 3 rings (SSSR count). The van der Waals surface area contributed by atoms with Crippen molar-refractivity contribution in [2.45, 2.75) is 93.9 Å². The van der Waals surface area contributed by atoms with E-state index < -0.39 is 67.2 Å². The Hall–Kier alpha value is -2.80. The number of halogens is 2. The Morgan fingerprint density at radius 3 is 2.44 bits per heavy atom. The molecule has 1 aromatic heterocycles. The number of rotatable bonds is 19. The van der Waals surface area contributed by atoms with Gasteiger partial charge in [-0.05, 0) is 25.8 Å². The molecule has 270 valence electrons. The van der Waals surface area contributed by atoms with E-state index in [1.54, 1.807) is 11.8 Å². The van der Waals surface area contributed by atoms with Gasteiger partial charge in [0, 0.05) is 59.5 Å². The monoisotopic (exact) mass is 721 g/mol. The van der Waals surface area contributed by atoms with Gasteiger partial charge in [-0.25, -0.2) is 9.59 Å². The van der Waals surface area contributed by atoms with Gasteiger partial charge in [-0.2, -0.15) is 37.3 Å². The first-order valence-electron chi connectivity index (χ1n) is 15.6. The minimum absolute atomic E-state index is 0.0727. The summed E-state index contributed by atoms with van der Waals surface area (Å²) in [7, 11) is 1.03. The summed E-state index contributed by atoms with van der Waals surface area (Å²) >= 11 is 3.56. The molecular formula is C30H45F2N5O9S2. The number of carboxylic acids is 1. The fourth-order valence-corrected chi connectivity index (χ4v) is 8.17. The molecule has 0 amide bonds. The second-order valence-electron chi connectivity index (χ2n) is 12.0. The zero-order valence-corrected chi connectivity index (χ0v) is 29.3. The van der Waals surface area contributed by atoms with E-state index in [9.17, 15) is 24.3 Å². The van der Waals surface area contributed by atoms with Crippen molar-refractivity contribution in [2.75, 3.05) is 44.1 Å². The molecule has 1 saturated heterocycles. The van der Waals surface area contributed by atoms with Crippen molar-refractivity contribution < 1.29 is 47.2 Å². The van der Waals surface area contributed by atoms with Gasteiger partial charge in [-0.1, -0.05) is 20.8 Å². The number of aliphatic imine (C=N–C) groups is 1. The normalized spacial score (nSPS) is 24.9. The highest BCUT2D eigenvalue weighted by Crippen LogP contribution is 2.44. The smallest absolute Gasteiger partial charge is 0.351 e. The minimum Gasteiger partial charge on any atom is -0.480 e. The Bertz CT molecular complexity index is 1350. The number of carbonyl (C=O) groups is 3. The highest BCUT2D eigenvalue weighted by Gasteiger charge is 2.61. The standard InChI is InChI=1S/C30H45F2N5O9S2/c1-16(2)35-19(27(40)41)15-48-22-7-6-21(22)47-14-17(3)18(4)34-10-8-24(38)45-13-25(39)44-12-20-26(43-5)30(31,32)28(46-20)37-11-9-23(33)36-29(37)42/h9,11,16-17,19-22,26,28,35H,6-8,10,12-15H2,1-5H3,(H,40,41)(H2,33,36,42). The number of methoxy groups -OCH3 is 1. The molecule has 2 heterocycles. The van der Waals surface area contributed by atoms with Crippen molar-refractivity contribution in [3.05, 3.63) is 22.7 Å². The molecule has 4 N–H and O–H groups in total. The van der Waals surface area contributed by atoms with Gasteiger partial charge in [0.05, 0.1) is 6.42 Å². The number of carbonyl (C=O) groups excluding carboxylic acids is 2. The fourth-order valence-electron chi connectivity index (χ4n) is 4.94. The molecule has 7 atom stereocenters. The summed E-state index contributed by atoms with van der Waals surface area (Å²) in [6.45, 7) is 6.59. The molecule has 0 bridgehead atoms. The second kappa shape index (κ2) is 18.3. The SMILES string of the molecule is COC1C(COC(=O)COC(=O)CCN=C(C)C(C)CSC2CCC2SCC(NC(C)C)C(=O)O)OC(n2ccc(N)nc2=O)C1(F)F. The number of aliphatic carboxylic acids is 1. The summed E-state index contributed by atoms with van der Waals surface area (Å²) in [5, 5.41) is 13.4. The number of hydrogen-bond acceptors (Lipinski definition) is 14. The van der Waals surface area contributed by atoms with Crippen molar-refractivity contribution in [1.29, 1.82) is 0 Å². The van der Waals surface area contributed by atoms with E-state index in [0.29, 0.717) is 20.8 Å². The van der Waals surface area contributed by atoms with Crippen LogP contribution in [0.1, 0.15) is 53.2 Å². The summed E-state index contributed by atoms with van der Waals surface area (Å²) in [6.07, 6.45) is -2.24. The zero-order chi connectivity index (χ0) is 35.6. The third-order valence-electron chi connectivity index (χ3n) is 7.88. The molecule has 18 heteroatoms. The maximum atomic E-state index is 15.0. The molecule has 0 radical (unpaired) electrons. The van der Waals surface area contributed by atoms with Crippen LogP contribution in [0.5, 0.6) is 0 Å². The van der Waals surface area contributed by atoms with Gasteiger partial charge in [0.2, 0.25) is 6.23 Å². The number of anilines is 1. The van der Waals surface area contributed by atoms with E-state index in [0.717, 1.165) is 43.7 Å². The second-order valence-corrected chi connectivity index (χ2v) is 14.5. The van der Waals surface area contributed by atoms with Gasteiger partial charge in [0.1, 0.15) is 24.6 Å². The number of nitrogens with zero attached hydrogens (tertiary/aromatic N) is 3. The lowest BCUT2D eigenvalue weighted by molar-refractivity contribution is -0.162. The lowest BCUT2D eigenvalue weighted by atomic mass is 9.99. The minimum atomic E-state index is -3.67. The Balaban J connectivity index is 1.35. The molecule has 2 aliphatic rings. The number of thioether (sulfide) groups is 2. The average Bonchev–Trinajstić information content (AvgIpc) is 3.26. The molecule has 7 unspecified atom stereocenters. The molecule has 1 aliphatic carbocycles. The van der Waals surface area contributed by atoms with Crippen LogP contribution in [0, 0.1) is 5.92 Å². The van der Waals surface area contributed by atoms with Crippen LogP contribution in [0.2, 0.25) is 0 Å². The molecule has 2 fully saturated rings. The van der Waals surface area contributed by atoms with Crippen molar-refractivity contribution in [3.63, 3.8) is 0 Å². The first kappa shape index (κ1) is 39.6. The van der Waals surface area contributed by atoms with Gasteiger partial charge in [-0.3, -0.25) is 19.1 Å². The van der Waals surface area contributed by atoms with Gasteiger partial charge in [0.15, 0.2) is 12.7 Å². The van der Waals surface area contributed by atoms with Crippen LogP contribution in [0.3, 0.4) is 0 Å². The number of nitrogen functional groups attached to an aromatic ring is 1. The van der Waals surface area contributed by atoms with Gasteiger partial charge in [-0.15, -0.1) is 0 Å².